The first-order chi connectivity index (χ1) is 14.5. The molecule has 0 bridgehead atoms. The molecule has 0 unspecified atom stereocenters. The van der Waals surface area contributed by atoms with Crippen molar-refractivity contribution in [1.82, 2.24) is 4.90 Å². The van der Waals surface area contributed by atoms with Crippen molar-refractivity contribution in [3.05, 3.63) is 87.4 Å². The summed E-state index contributed by atoms with van der Waals surface area (Å²) in [6.07, 6.45) is 1.75. The van der Waals surface area contributed by atoms with Crippen LogP contribution in [0.15, 0.2) is 60.0 Å². The predicted molar refractivity (Wildman–Crippen MR) is 122 cm³/mol. The van der Waals surface area contributed by atoms with Gasteiger partial charge in [-0.15, -0.1) is 11.3 Å². The number of rotatable bonds is 5. The Kier molecular flexibility index (Phi) is 6.30. The number of halogens is 1. The first kappa shape index (κ1) is 20.8. The van der Waals surface area contributed by atoms with Crippen LogP contribution in [-0.4, -0.2) is 29.9 Å². The summed E-state index contributed by atoms with van der Waals surface area (Å²) in [4.78, 5) is 19.1. The molecule has 0 aliphatic carbocycles. The lowest BCUT2D eigenvalue weighted by Crippen LogP contribution is -2.47. The molecule has 1 aliphatic rings. The van der Waals surface area contributed by atoms with E-state index in [1.165, 1.54) is 10.9 Å². The number of hydrogen-bond acceptors (Lipinski definition) is 3. The lowest BCUT2D eigenvalue weighted by molar-refractivity contribution is 0.0958. The Morgan fingerprint density at radius 3 is 2.57 bits per heavy atom. The number of piperidine rings is 1. The van der Waals surface area contributed by atoms with Gasteiger partial charge < -0.3 is 4.90 Å². The number of thiophene rings is 1. The van der Waals surface area contributed by atoms with Crippen LogP contribution in [0, 0.1) is 19.7 Å². The molecule has 2 heterocycles. The highest BCUT2D eigenvalue weighted by molar-refractivity contribution is 7.09. The molecule has 0 spiro atoms. The lowest BCUT2D eigenvalue weighted by atomic mass is 10.00. The Labute approximate surface area is 181 Å². The van der Waals surface area contributed by atoms with E-state index in [0.717, 1.165) is 38.0 Å². The van der Waals surface area contributed by atoms with Crippen molar-refractivity contribution in [3.63, 3.8) is 0 Å². The molecule has 1 aliphatic heterocycles. The summed E-state index contributed by atoms with van der Waals surface area (Å²) < 4.78 is 14.4. The Morgan fingerprint density at radius 1 is 1.10 bits per heavy atom. The number of hydrogen-bond donors (Lipinski definition) is 0. The summed E-state index contributed by atoms with van der Waals surface area (Å²) in [5, 5.41) is 2.11. The lowest BCUT2D eigenvalue weighted by Gasteiger charge is -2.38. The smallest absolute Gasteiger partial charge is 0.258 e. The van der Waals surface area contributed by atoms with Gasteiger partial charge in [0.25, 0.3) is 5.91 Å². The first-order valence-electron chi connectivity index (χ1n) is 10.4. The zero-order valence-corrected chi connectivity index (χ0v) is 18.3. The van der Waals surface area contributed by atoms with Crippen LogP contribution in [0.5, 0.6) is 0 Å². The van der Waals surface area contributed by atoms with Gasteiger partial charge in [-0.1, -0.05) is 29.8 Å². The van der Waals surface area contributed by atoms with Crippen LogP contribution in [0.4, 0.5) is 10.1 Å². The van der Waals surface area contributed by atoms with Crippen molar-refractivity contribution < 1.29 is 9.18 Å². The molecule has 1 saturated heterocycles. The highest BCUT2D eigenvalue weighted by atomic mass is 32.1. The number of carbonyl (C=O) groups is 1. The fourth-order valence-electron chi connectivity index (χ4n) is 4.10. The highest BCUT2D eigenvalue weighted by Gasteiger charge is 2.30. The van der Waals surface area contributed by atoms with E-state index in [2.05, 4.69) is 22.4 Å². The fraction of sp³-hybridized carbons (Fsp3) is 0.320. The number of nitrogens with zero attached hydrogens (tertiary/aromatic N) is 2. The van der Waals surface area contributed by atoms with E-state index >= 15 is 0 Å². The molecule has 5 heteroatoms. The maximum Gasteiger partial charge on any atom is 0.258 e. The summed E-state index contributed by atoms with van der Waals surface area (Å²) in [5.41, 5.74) is 2.92. The van der Waals surface area contributed by atoms with E-state index in [-0.39, 0.29) is 17.8 Å². The van der Waals surface area contributed by atoms with Gasteiger partial charge in [0.1, 0.15) is 5.82 Å². The number of amides is 1. The second kappa shape index (κ2) is 9.11. The van der Waals surface area contributed by atoms with Crippen molar-refractivity contribution in [2.24, 2.45) is 0 Å². The van der Waals surface area contributed by atoms with Gasteiger partial charge in [0.05, 0.1) is 0 Å². The molecule has 4 rings (SSSR count). The van der Waals surface area contributed by atoms with E-state index in [0.29, 0.717) is 16.8 Å². The predicted octanol–water partition coefficient (Wildman–Crippen LogP) is 5.82. The van der Waals surface area contributed by atoms with Gasteiger partial charge >= 0.3 is 0 Å². The maximum atomic E-state index is 14.4. The van der Waals surface area contributed by atoms with E-state index < -0.39 is 0 Å². The standard InChI is InChI=1S/C25H27FN2OS/c1-18-5-3-6-20(15-18)25(29)28(22-9-8-19(2)24(26)16-22)21-10-12-27(13-11-21)17-23-7-4-14-30-23/h3-9,14-16,21H,10-13,17H2,1-2H3. The molecule has 1 fully saturated rings. The Balaban J connectivity index is 1.57. The summed E-state index contributed by atoms with van der Waals surface area (Å²) in [6, 6.07) is 17.1. The number of likely N-dealkylation sites (tertiary alicyclic amines) is 1. The molecule has 1 amide bonds. The van der Waals surface area contributed by atoms with E-state index in [9.17, 15) is 9.18 Å². The van der Waals surface area contributed by atoms with Gasteiger partial charge in [-0.25, -0.2) is 4.39 Å². The molecule has 0 N–H and O–H groups in total. The van der Waals surface area contributed by atoms with Crippen molar-refractivity contribution in [3.8, 4) is 0 Å². The third-order valence-electron chi connectivity index (χ3n) is 5.80. The van der Waals surface area contributed by atoms with Crippen LogP contribution in [0.2, 0.25) is 0 Å². The van der Waals surface area contributed by atoms with Crippen molar-refractivity contribution in [1.29, 1.82) is 0 Å². The van der Waals surface area contributed by atoms with Crippen LogP contribution in [0.1, 0.15) is 39.2 Å². The summed E-state index contributed by atoms with van der Waals surface area (Å²) >= 11 is 1.78. The molecule has 0 saturated carbocycles. The minimum atomic E-state index is -0.273. The number of carbonyl (C=O) groups excluding carboxylic acids is 1. The second-order valence-electron chi connectivity index (χ2n) is 8.06. The molecule has 0 radical (unpaired) electrons. The third kappa shape index (κ3) is 4.63. The van der Waals surface area contributed by atoms with Crippen molar-refractivity contribution in [2.45, 2.75) is 39.3 Å². The van der Waals surface area contributed by atoms with Crippen LogP contribution < -0.4 is 4.90 Å². The normalized spacial score (nSPS) is 15.3. The largest absolute Gasteiger partial charge is 0.305 e. The topological polar surface area (TPSA) is 23.6 Å². The monoisotopic (exact) mass is 422 g/mol. The fourth-order valence-corrected chi connectivity index (χ4v) is 4.85. The zero-order valence-electron chi connectivity index (χ0n) is 17.5. The van der Waals surface area contributed by atoms with E-state index in [1.54, 1.807) is 24.3 Å². The Hall–Kier alpha value is -2.50. The average Bonchev–Trinajstić information content (AvgIpc) is 3.25. The Morgan fingerprint density at radius 2 is 1.90 bits per heavy atom. The summed E-state index contributed by atoms with van der Waals surface area (Å²) in [7, 11) is 0. The Bertz CT molecular complexity index is 1010. The second-order valence-corrected chi connectivity index (χ2v) is 9.10. The third-order valence-corrected chi connectivity index (χ3v) is 6.66. The average molecular weight is 423 g/mol. The molecule has 1 aromatic heterocycles. The van der Waals surface area contributed by atoms with Crippen LogP contribution >= 0.6 is 11.3 Å². The first-order valence-corrected chi connectivity index (χ1v) is 11.3. The molecule has 30 heavy (non-hydrogen) atoms. The van der Waals surface area contributed by atoms with E-state index in [4.69, 9.17) is 0 Å². The molecule has 3 nitrogen and oxygen atoms in total. The van der Waals surface area contributed by atoms with Gasteiger partial charge in [-0.3, -0.25) is 9.69 Å². The molecule has 156 valence electrons. The quantitative estimate of drug-likeness (QED) is 0.518. The SMILES string of the molecule is Cc1cccc(C(=O)N(c2ccc(C)c(F)c2)C2CCN(Cc3cccs3)CC2)c1. The number of anilines is 1. The highest BCUT2D eigenvalue weighted by Crippen LogP contribution is 2.28. The molecular formula is C25H27FN2OS. The van der Waals surface area contributed by atoms with Crippen molar-refractivity contribution in [2.75, 3.05) is 18.0 Å². The van der Waals surface area contributed by atoms with Crippen LogP contribution in [-0.2, 0) is 6.54 Å². The minimum Gasteiger partial charge on any atom is -0.305 e. The summed E-state index contributed by atoms with van der Waals surface area (Å²) in [6.45, 7) is 6.53. The van der Waals surface area contributed by atoms with Crippen molar-refractivity contribution >= 4 is 22.9 Å². The van der Waals surface area contributed by atoms with E-state index in [1.807, 2.05) is 42.2 Å². The molecule has 0 atom stereocenters. The molecule has 2 aromatic carbocycles. The zero-order chi connectivity index (χ0) is 21.1. The van der Waals surface area contributed by atoms with Gasteiger partial charge in [0.15, 0.2) is 0 Å². The maximum absolute atomic E-state index is 14.4. The van der Waals surface area contributed by atoms with Gasteiger partial charge in [0.2, 0.25) is 0 Å². The molecule has 3 aromatic rings. The molecular weight excluding hydrogens is 395 g/mol. The van der Waals surface area contributed by atoms with Gasteiger partial charge in [-0.05, 0) is 68.0 Å². The van der Waals surface area contributed by atoms with Gasteiger partial charge in [0, 0.05) is 41.8 Å². The van der Waals surface area contributed by atoms with Gasteiger partial charge in [-0.2, -0.15) is 0 Å². The van der Waals surface area contributed by atoms with Crippen LogP contribution in [0.3, 0.4) is 0 Å². The summed E-state index contributed by atoms with van der Waals surface area (Å²) in [5.74, 6) is -0.330. The number of aryl methyl sites for hydroxylation is 2. The van der Waals surface area contributed by atoms with Crippen LogP contribution in [0.25, 0.3) is 0 Å². The minimum absolute atomic E-state index is 0.0553. The number of benzene rings is 2.